The third kappa shape index (κ3) is 10.6. The van der Waals surface area contributed by atoms with E-state index >= 15 is 0 Å². The van der Waals surface area contributed by atoms with Crippen LogP contribution in [0.1, 0.15) is 71.6 Å². The van der Waals surface area contributed by atoms with Gasteiger partial charge >= 0.3 is 29.6 Å². The van der Waals surface area contributed by atoms with Gasteiger partial charge in [0.2, 0.25) is 5.91 Å². The predicted octanol–water partition coefficient (Wildman–Crippen LogP) is -1.91. The van der Waals surface area contributed by atoms with Crippen molar-refractivity contribution in [3.8, 4) is 0 Å². The van der Waals surface area contributed by atoms with E-state index in [2.05, 4.69) is 6.92 Å². The monoisotopic (exact) mass is 367 g/mol. The normalized spacial score (nSPS) is 13.0. The molecule has 0 aromatic carbocycles. The molecule has 142 valence electrons. The van der Waals surface area contributed by atoms with Crippen LogP contribution in [0.15, 0.2) is 0 Å². The molecule has 0 saturated carbocycles. The summed E-state index contributed by atoms with van der Waals surface area (Å²) in [4.78, 5) is 25.2. The van der Waals surface area contributed by atoms with Gasteiger partial charge in [0, 0.05) is 13.1 Å². The van der Waals surface area contributed by atoms with Crippen molar-refractivity contribution in [3.05, 3.63) is 0 Å². The zero-order valence-electron chi connectivity index (χ0n) is 16.3. The van der Waals surface area contributed by atoms with Crippen LogP contribution in [-0.2, 0) is 9.59 Å². The number of aliphatic hydroxyl groups is 2. The van der Waals surface area contributed by atoms with Crippen LogP contribution < -0.4 is 34.7 Å². The van der Waals surface area contributed by atoms with Crippen LogP contribution >= 0.6 is 0 Å². The van der Waals surface area contributed by atoms with Crippen molar-refractivity contribution in [2.75, 3.05) is 26.3 Å². The first kappa shape index (κ1) is 27.1. The molecule has 0 bridgehead atoms. The van der Waals surface area contributed by atoms with Gasteiger partial charge in [-0.25, -0.2) is 0 Å². The first-order valence-corrected chi connectivity index (χ1v) is 9.16. The van der Waals surface area contributed by atoms with Gasteiger partial charge in [0.05, 0.1) is 24.6 Å². The summed E-state index contributed by atoms with van der Waals surface area (Å²) in [5, 5.41) is 29.6. The van der Waals surface area contributed by atoms with E-state index < -0.39 is 17.3 Å². The maximum atomic E-state index is 12.5. The zero-order chi connectivity index (χ0) is 18.4. The smallest absolute Gasteiger partial charge is 0.549 e. The molecule has 0 aromatic rings. The topological polar surface area (TPSA) is 101 Å². The zero-order valence-corrected chi connectivity index (χ0v) is 18.3. The molecular weight excluding hydrogens is 333 g/mol. The molecule has 7 heteroatoms. The van der Waals surface area contributed by atoms with Gasteiger partial charge < -0.3 is 25.0 Å². The number of carboxylic acids is 1. The average molecular weight is 367 g/mol. The summed E-state index contributed by atoms with van der Waals surface area (Å²) in [5.41, 5.74) is -1.60. The molecule has 0 heterocycles. The summed E-state index contributed by atoms with van der Waals surface area (Å²) < 4.78 is 0. The molecule has 1 amide bonds. The second-order valence-electron chi connectivity index (χ2n) is 6.58. The number of hydrogen-bond donors (Lipinski definition) is 2. The minimum absolute atomic E-state index is 0. The van der Waals surface area contributed by atoms with Crippen molar-refractivity contribution >= 4 is 11.9 Å². The van der Waals surface area contributed by atoms with E-state index in [0.717, 1.165) is 19.3 Å². The van der Waals surface area contributed by atoms with E-state index in [0.29, 0.717) is 6.42 Å². The Morgan fingerprint density at radius 3 is 1.76 bits per heavy atom. The van der Waals surface area contributed by atoms with Crippen molar-refractivity contribution in [3.63, 3.8) is 0 Å². The number of unbranched alkanes of at least 4 members (excludes halogenated alkanes) is 7. The third-order valence-corrected chi connectivity index (χ3v) is 4.48. The number of aliphatic hydroxyl groups excluding tert-OH is 2. The molecule has 0 aliphatic heterocycles. The predicted molar refractivity (Wildman–Crippen MR) is 91.1 cm³/mol. The van der Waals surface area contributed by atoms with Gasteiger partial charge in [-0.15, -0.1) is 0 Å². The fourth-order valence-electron chi connectivity index (χ4n) is 2.81. The number of rotatable bonds is 15. The van der Waals surface area contributed by atoms with E-state index in [1.165, 1.54) is 37.5 Å². The third-order valence-electron chi connectivity index (χ3n) is 4.48. The summed E-state index contributed by atoms with van der Waals surface area (Å²) in [6.07, 6.45) is 8.84. The Kier molecular flexibility index (Phi) is 17.4. The van der Waals surface area contributed by atoms with Gasteiger partial charge in [-0.2, -0.15) is 0 Å². The molecule has 0 spiro atoms. The molecule has 1 unspecified atom stereocenters. The standard InChI is InChI=1S/C18H35NO5.Na/c1-3-4-5-6-7-8-9-10-11-18(2,17(23)24)16(22)19(12-14-20)13-15-21;/h20-21H,3-15H2,1-2H3,(H,23,24);/q;+1/p-1. The van der Waals surface area contributed by atoms with Crippen LogP contribution in [0, 0.1) is 5.41 Å². The number of amides is 1. The van der Waals surface area contributed by atoms with E-state index in [1.807, 2.05) is 0 Å². The second kappa shape index (κ2) is 16.1. The van der Waals surface area contributed by atoms with Crippen molar-refractivity contribution in [1.29, 1.82) is 0 Å². The first-order valence-electron chi connectivity index (χ1n) is 9.16. The van der Waals surface area contributed by atoms with Crippen molar-refractivity contribution in [2.24, 2.45) is 5.41 Å². The molecule has 0 saturated heterocycles. The summed E-state index contributed by atoms with van der Waals surface area (Å²) in [7, 11) is 0. The Bertz CT molecular complexity index is 361. The Morgan fingerprint density at radius 2 is 1.36 bits per heavy atom. The SMILES string of the molecule is CCCCCCCCCCC(C)(C(=O)[O-])C(=O)N(CCO)CCO.[Na+]. The fourth-order valence-corrected chi connectivity index (χ4v) is 2.81. The van der Waals surface area contributed by atoms with Crippen LogP contribution in [0.5, 0.6) is 0 Å². The number of hydrogen-bond acceptors (Lipinski definition) is 5. The summed E-state index contributed by atoms with van der Waals surface area (Å²) in [6.45, 7) is 3.04. The average Bonchev–Trinajstić information content (AvgIpc) is 2.56. The molecule has 0 fully saturated rings. The van der Waals surface area contributed by atoms with E-state index in [1.54, 1.807) is 0 Å². The summed E-state index contributed by atoms with van der Waals surface area (Å²) in [6, 6.07) is 0. The first-order chi connectivity index (χ1) is 11.4. The molecule has 0 aliphatic rings. The van der Waals surface area contributed by atoms with Gasteiger partial charge in [-0.3, -0.25) is 4.79 Å². The van der Waals surface area contributed by atoms with Gasteiger partial charge in [0.15, 0.2) is 0 Å². The molecular formula is C18H34NNaO5. The molecule has 0 aromatic heterocycles. The maximum Gasteiger partial charge on any atom is 1.00 e. The van der Waals surface area contributed by atoms with Crippen molar-refractivity contribution in [1.82, 2.24) is 4.90 Å². The summed E-state index contributed by atoms with van der Waals surface area (Å²) >= 11 is 0. The fraction of sp³-hybridized carbons (Fsp3) is 0.889. The minimum Gasteiger partial charge on any atom is -0.549 e. The molecule has 1 atom stereocenters. The Morgan fingerprint density at radius 1 is 0.920 bits per heavy atom. The van der Waals surface area contributed by atoms with E-state index in [9.17, 15) is 14.7 Å². The van der Waals surface area contributed by atoms with Gasteiger partial charge in [-0.1, -0.05) is 58.3 Å². The molecule has 0 aliphatic carbocycles. The quantitative estimate of drug-likeness (QED) is 0.200. The van der Waals surface area contributed by atoms with Crippen LogP contribution in [0.25, 0.3) is 0 Å². The number of nitrogens with zero attached hydrogens (tertiary/aromatic N) is 1. The Labute approximate surface area is 174 Å². The molecule has 0 rings (SSSR count). The largest absolute Gasteiger partial charge is 1.00 e. The van der Waals surface area contributed by atoms with Gasteiger partial charge in [0.25, 0.3) is 0 Å². The second-order valence-corrected chi connectivity index (χ2v) is 6.58. The van der Waals surface area contributed by atoms with Crippen molar-refractivity contribution in [2.45, 2.75) is 71.6 Å². The number of carbonyl (C=O) groups is 2. The minimum atomic E-state index is -1.60. The van der Waals surface area contributed by atoms with Crippen LogP contribution in [0.4, 0.5) is 0 Å². The van der Waals surface area contributed by atoms with Crippen LogP contribution in [0.3, 0.4) is 0 Å². The Balaban J connectivity index is 0. The summed E-state index contributed by atoms with van der Waals surface area (Å²) in [5.74, 6) is -1.98. The van der Waals surface area contributed by atoms with E-state index in [4.69, 9.17) is 10.2 Å². The van der Waals surface area contributed by atoms with Gasteiger partial charge in [-0.05, 0) is 13.3 Å². The van der Waals surface area contributed by atoms with Crippen molar-refractivity contribution < 1.29 is 54.5 Å². The molecule has 0 radical (unpaired) electrons. The maximum absolute atomic E-state index is 12.5. The molecule has 6 nitrogen and oxygen atoms in total. The number of carboxylic acid groups (broad SMARTS) is 1. The number of carbonyl (C=O) groups excluding carboxylic acids is 2. The molecule has 25 heavy (non-hydrogen) atoms. The van der Waals surface area contributed by atoms with Gasteiger partial charge in [0.1, 0.15) is 0 Å². The molecule has 2 N–H and O–H groups in total. The van der Waals surface area contributed by atoms with E-state index in [-0.39, 0.29) is 62.3 Å². The van der Waals surface area contributed by atoms with Crippen LogP contribution in [0.2, 0.25) is 0 Å². The Hall–Kier alpha value is -0.140. The number of aliphatic carboxylic acids is 1. The van der Waals surface area contributed by atoms with Crippen LogP contribution in [-0.4, -0.2) is 53.3 Å².